The highest BCUT2D eigenvalue weighted by Gasteiger charge is 2.25. The van der Waals surface area contributed by atoms with Crippen LogP contribution in [0.4, 0.5) is 5.82 Å². The Bertz CT molecular complexity index is 1110. The highest BCUT2D eigenvalue weighted by atomic mass is 32.1. The number of primary amides is 1. The zero-order valence-corrected chi connectivity index (χ0v) is 15.2. The number of amides is 1. The molecule has 0 fully saturated rings. The Balaban J connectivity index is 2.63. The normalized spacial score (nSPS) is 11.2. The summed E-state index contributed by atoms with van der Waals surface area (Å²) >= 11 is 1.33. The second-order valence-electron chi connectivity index (χ2n) is 6.13. The van der Waals surface area contributed by atoms with Gasteiger partial charge in [0.2, 0.25) is 0 Å². The van der Waals surface area contributed by atoms with E-state index in [-0.39, 0.29) is 22.7 Å². The Kier molecular flexibility index (Phi) is 3.84. The van der Waals surface area contributed by atoms with Crippen molar-refractivity contribution in [3.8, 4) is 11.4 Å². The minimum absolute atomic E-state index is 0.0111. The molecule has 0 radical (unpaired) electrons. The van der Waals surface area contributed by atoms with E-state index in [1.807, 2.05) is 20.8 Å². The third-order valence-electron chi connectivity index (χ3n) is 4.60. The Hall–Kier alpha value is -2.80. The van der Waals surface area contributed by atoms with Gasteiger partial charge in [0.1, 0.15) is 11.6 Å². The molecule has 0 aliphatic carbocycles. The lowest BCUT2D eigenvalue weighted by atomic mass is 10.1. The van der Waals surface area contributed by atoms with Gasteiger partial charge < -0.3 is 16.6 Å². The number of carbonyl (C=O) groups is 1. The molecule has 3 rings (SSSR count). The number of nitrogens with two attached hydrogens (primary N) is 2. The van der Waals surface area contributed by atoms with E-state index in [0.29, 0.717) is 21.3 Å². The van der Waals surface area contributed by atoms with Crippen LogP contribution in [0, 0.1) is 27.7 Å². The summed E-state index contributed by atoms with van der Waals surface area (Å²) in [4.78, 5) is 26.2. The minimum atomic E-state index is -0.687. The molecule has 0 unspecified atom stereocenters. The lowest BCUT2D eigenvalue weighted by Gasteiger charge is -2.18. The van der Waals surface area contributed by atoms with Gasteiger partial charge in [-0.05, 0) is 44.9 Å². The number of carbonyl (C=O) groups excluding carboxylic acids is 1. The van der Waals surface area contributed by atoms with Gasteiger partial charge >= 0.3 is 0 Å². The van der Waals surface area contributed by atoms with Gasteiger partial charge in [-0.25, -0.2) is 0 Å². The molecule has 5 N–H and O–H groups in total. The molecule has 1 amide bonds. The SMILES string of the molecule is Cc1ccc(O)c(C)c1-n1c(N)c(C(N)=O)c2sc(C)c(C)c2c1=O. The van der Waals surface area contributed by atoms with E-state index >= 15 is 0 Å². The van der Waals surface area contributed by atoms with Crippen LogP contribution in [0.1, 0.15) is 31.9 Å². The van der Waals surface area contributed by atoms with Gasteiger partial charge in [0.25, 0.3) is 11.5 Å². The standard InChI is InChI=1S/C18H19N3O3S/c1-7-5-6-11(22)9(3)14(7)21-16(19)13(17(20)23)15-12(18(21)24)8(2)10(4)25-15/h5-6,22H,19H2,1-4H3,(H2,20,23). The van der Waals surface area contributed by atoms with Crippen LogP contribution < -0.4 is 17.0 Å². The minimum Gasteiger partial charge on any atom is -0.508 e. The van der Waals surface area contributed by atoms with E-state index < -0.39 is 5.91 Å². The maximum absolute atomic E-state index is 13.2. The molecule has 0 saturated carbocycles. The van der Waals surface area contributed by atoms with Crippen molar-refractivity contribution in [3.63, 3.8) is 0 Å². The third-order valence-corrected chi connectivity index (χ3v) is 5.83. The number of nitrogens with zero attached hydrogens (tertiary/aromatic N) is 1. The third kappa shape index (κ3) is 2.31. The maximum atomic E-state index is 13.2. The van der Waals surface area contributed by atoms with E-state index in [2.05, 4.69) is 0 Å². The van der Waals surface area contributed by atoms with Crippen LogP contribution in [0.15, 0.2) is 16.9 Å². The first kappa shape index (κ1) is 17.0. The predicted octanol–water partition coefficient (Wildman–Crippen LogP) is 2.67. The number of phenolic OH excluding ortho intramolecular Hbond substituents is 1. The predicted molar refractivity (Wildman–Crippen MR) is 101 cm³/mol. The maximum Gasteiger partial charge on any atom is 0.265 e. The molecule has 6 nitrogen and oxygen atoms in total. The number of aromatic hydroxyl groups is 1. The van der Waals surface area contributed by atoms with Gasteiger partial charge in [0.05, 0.1) is 21.3 Å². The molecule has 25 heavy (non-hydrogen) atoms. The number of anilines is 1. The molecule has 0 bridgehead atoms. The summed E-state index contributed by atoms with van der Waals surface area (Å²) in [7, 11) is 0. The quantitative estimate of drug-likeness (QED) is 0.654. The zero-order valence-electron chi connectivity index (χ0n) is 14.4. The lowest BCUT2D eigenvalue weighted by molar-refractivity contribution is 0.100. The highest BCUT2D eigenvalue weighted by Crippen LogP contribution is 2.35. The van der Waals surface area contributed by atoms with Gasteiger partial charge in [-0.15, -0.1) is 11.3 Å². The van der Waals surface area contributed by atoms with Crippen LogP contribution in [0.25, 0.3) is 15.8 Å². The fourth-order valence-electron chi connectivity index (χ4n) is 3.14. The van der Waals surface area contributed by atoms with Gasteiger partial charge in [-0.1, -0.05) is 6.07 Å². The Morgan fingerprint density at radius 2 is 1.80 bits per heavy atom. The van der Waals surface area contributed by atoms with Gasteiger partial charge in [-0.2, -0.15) is 0 Å². The summed E-state index contributed by atoms with van der Waals surface area (Å²) < 4.78 is 1.79. The van der Waals surface area contributed by atoms with E-state index in [1.54, 1.807) is 19.1 Å². The summed E-state index contributed by atoms with van der Waals surface area (Å²) in [5.41, 5.74) is 14.1. The smallest absolute Gasteiger partial charge is 0.265 e. The first-order chi connectivity index (χ1) is 11.7. The highest BCUT2D eigenvalue weighted by molar-refractivity contribution is 7.19. The number of fused-ring (bicyclic) bond motifs is 1. The Morgan fingerprint density at radius 3 is 2.40 bits per heavy atom. The van der Waals surface area contributed by atoms with Crippen molar-refractivity contribution in [3.05, 3.63) is 49.6 Å². The summed E-state index contributed by atoms with van der Waals surface area (Å²) in [6.45, 7) is 7.23. The second kappa shape index (κ2) is 5.63. The Labute approximate surface area is 148 Å². The summed E-state index contributed by atoms with van der Waals surface area (Å²) in [6.07, 6.45) is 0. The van der Waals surface area contributed by atoms with Crippen molar-refractivity contribution in [2.75, 3.05) is 5.73 Å². The summed E-state index contributed by atoms with van der Waals surface area (Å²) in [5, 5.41) is 10.5. The topological polar surface area (TPSA) is 111 Å². The molecule has 2 aromatic heterocycles. The molecule has 0 aliphatic heterocycles. The van der Waals surface area contributed by atoms with E-state index in [0.717, 1.165) is 16.0 Å². The first-order valence-corrected chi connectivity index (χ1v) is 8.52. The summed E-state index contributed by atoms with van der Waals surface area (Å²) in [5.74, 6) is -0.651. The number of pyridine rings is 1. The van der Waals surface area contributed by atoms with Crippen LogP contribution >= 0.6 is 11.3 Å². The van der Waals surface area contributed by atoms with Gasteiger partial charge in [0, 0.05) is 10.4 Å². The van der Waals surface area contributed by atoms with Crippen molar-refractivity contribution < 1.29 is 9.90 Å². The monoisotopic (exact) mass is 357 g/mol. The largest absolute Gasteiger partial charge is 0.508 e. The van der Waals surface area contributed by atoms with Crippen LogP contribution in [0.3, 0.4) is 0 Å². The average molecular weight is 357 g/mol. The van der Waals surface area contributed by atoms with Gasteiger partial charge in [0.15, 0.2) is 0 Å². The van der Waals surface area contributed by atoms with E-state index in [4.69, 9.17) is 11.5 Å². The fourth-order valence-corrected chi connectivity index (χ4v) is 4.35. The van der Waals surface area contributed by atoms with Crippen molar-refractivity contribution in [1.29, 1.82) is 0 Å². The molecule has 0 atom stereocenters. The van der Waals surface area contributed by atoms with Crippen molar-refractivity contribution in [2.45, 2.75) is 27.7 Å². The number of nitrogen functional groups attached to an aromatic ring is 1. The molecule has 0 aliphatic rings. The number of hydrogen-bond acceptors (Lipinski definition) is 5. The lowest BCUT2D eigenvalue weighted by Crippen LogP contribution is -2.27. The molecule has 2 heterocycles. The van der Waals surface area contributed by atoms with Gasteiger partial charge in [-0.3, -0.25) is 14.2 Å². The number of rotatable bonds is 2. The Morgan fingerprint density at radius 1 is 1.16 bits per heavy atom. The summed E-state index contributed by atoms with van der Waals surface area (Å²) in [6, 6.07) is 3.26. The molecule has 7 heteroatoms. The number of benzene rings is 1. The van der Waals surface area contributed by atoms with Crippen molar-refractivity contribution in [1.82, 2.24) is 4.57 Å². The van der Waals surface area contributed by atoms with Crippen LogP contribution in [0.2, 0.25) is 0 Å². The number of phenols is 1. The number of aromatic nitrogens is 1. The number of hydrogen-bond donors (Lipinski definition) is 3. The number of aryl methyl sites for hydroxylation is 3. The van der Waals surface area contributed by atoms with Crippen LogP contribution in [-0.4, -0.2) is 15.6 Å². The molecular weight excluding hydrogens is 338 g/mol. The fraction of sp³-hybridized carbons (Fsp3) is 0.222. The molecule has 0 saturated heterocycles. The van der Waals surface area contributed by atoms with Crippen molar-refractivity contribution in [2.24, 2.45) is 5.73 Å². The van der Waals surface area contributed by atoms with Crippen LogP contribution in [-0.2, 0) is 0 Å². The molecule has 1 aromatic carbocycles. The molecule has 0 spiro atoms. The number of thiophene rings is 1. The zero-order chi connectivity index (χ0) is 18.6. The molecule has 3 aromatic rings. The van der Waals surface area contributed by atoms with E-state index in [1.165, 1.54) is 15.9 Å². The van der Waals surface area contributed by atoms with E-state index in [9.17, 15) is 14.7 Å². The van der Waals surface area contributed by atoms with Crippen LogP contribution in [0.5, 0.6) is 5.75 Å². The average Bonchev–Trinajstić information content (AvgIpc) is 2.81. The second-order valence-corrected chi connectivity index (χ2v) is 7.35. The first-order valence-electron chi connectivity index (χ1n) is 7.70. The van der Waals surface area contributed by atoms with Crippen molar-refractivity contribution >= 4 is 33.1 Å². The molecule has 130 valence electrons. The molecular formula is C18H19N3O3S.